The smallest absolute Gasteiger partial charge is 0.253 e. The first kappa shape index (κ1) is 15.9. The van der Waals surface area contributed by atoms with Crippen LogP contribution in [0.3, 0.4) is 0 Å². The number of nitrogens with zero attached hydrogens (tertiary/aromatic N) is 4. The Morgan fingerprint density at radius 1 is 1.32 bits per heavy atom. The van der Waals surface area contributed by atoms with Crippen molar-refractivity contribution in [3.8, 4) is 5.88 Å². The van der Waals surface area contributed by atoms with Crippen molar-refractivity contribution in [3.05, 3.63) is 36.3 Å². The number of aromatic nitrogens is 3. The van der Waals surface area contributed by atoms with Gasteiger partial charge in [0, 0.05) is 44.6 Å². The van der Waals surface area contributed by atoms with Gasteiger partial charge in [-0.25, -0.2) is 4.98 Å². The summed E-state index contributed by atoms with van der Waals surface area (Å²) in [5, 5.41) is 7.29. The number of ether oxygens (including phenoxy) is 1. The first-order chi connectivity index (χ1) is 12.2. The van der Waals surface area contributed by atoms with Crippen molar-refractivity contribution < 1.29 is 9.53 Å². The molecule has 4 rings (SSSR count). The molecule has 2 fully saturated rings. The Bertz CT molecular complexity index is 738. The molecule has 3 heterocycles. The van der Waals surface area contributed by atoms with E-state index in [9.17, 15) is 4.79 Å². The van der Waals surface area contributed by atoms with Gasteiger partial charge in [-0.05, 0) is 31.2 Å². The van der Waals surface area contributed by atoms with E-state index in [0.29, 0.717) is 17.4 Å². The molecular formula is C18H23N5O2. The maximum atomic E-state index is 12.4. The molecule has 1 aliphatic heterocycles. The van der Waals surface area contributed by atoms with Crippen LogP contribution in [0.15, 0.2) is 30.7 Å². The average Bonchev–Trinajstić information content (AvgIpc) is 3.17. The molecule has 1 amide bonds. The molecule has 0 aromatic carbocycles. The first-order valence-electron chi connectivity index (χ1n) is 8.81. The SMILES string of the molecule is Cn1cc(N2CCC(NC(=O)c3ccc(OCC4CC4)nc3)C2)cn1. The molecule has 1 saturated carbocycles. The van der Waals surface area contributed by atoms with Gasteiger partial charge in [0.15, 0.2) is 0 Å². The van der Waals surface area contributed by atoms with E-state index >= 15 is 0 Å². The Morgan fingerprint density at radius 2 is 2.20 bits per heavy atom. The van der Waals surface area contributed by atoms with Gasteiger partial charge >= 0.3 is 0 Å². The minimum absolute atomic E-state index is 0.0840. The number of aryl methyl sites for hydroxylation is 1. The van der Waals surface area contributed by atoms with Gasteiger partial charge in [0.25, 0.3) is 5.91 Å². The number of anilines is 1. The van der Waals surface area contributed by atoms with E-state index < -0.39 is 0 Å². The largest absolute Gasteiger partial charge is 0.477 e. The highest BCUT2D eigenvalue weighted by Crippen LogP contribution is 2.29. The number of hydrogen-bond acceptors (Lipinski definition) is 5. The zero-order valence-corrected chi connectivity index (χ0v) is 14.4. The third kappa shape index (κ3) is 3.92. The Labute approximate surface area is 147 Å². The van der Waals surface area contributed by atoms with E-state index in [1.807, 2.05) is 19.4 Å². The van der Waals surface area contributed by atoms with Crippen LogP contribution in [0.25, 0.3) is 0 Å². The number of rotatable bonds is 6. The fraction of sp³-hybridized carbons (Fsp3) is 0.500. The van der Waals surface area contributed by atoms with E-state index in [0.717, 1.165) is 31.8 Å². The van der Waals surface area contributed by atoms with Gasteiger partial charge in [-0.3, -0.25) is 9.48 Å². The second-order valence-electron chi connectivity index (χ2n) is 6.92. The second-order valence-corrected chi connectivity index (χ2v) is 6.92. The second kappa shape index (κ2) is 6.74. The molecule has 7 nitrogen and oxygen atoms in total. The van der Waals surface area contributed by atoms with Crippen LogP contribution in [0, 0.1) is 5.92 Å². The molecule has 0 radical (unpaired) electrons. The van der Waals surface area contributed by atoms with Crippen LogP contribution >= 0.6 is 0 Å². The van der Waals surface area contributed by atoms with Crippen LogP contribution in [-0.2, 0) is 7.05 Å². The Hall–Kier alpha value is -2.57. The lowest BCUT2D eigenvalue weighted by Crippen LogP contribution is -2.37. The van der Waals surface area contributed by atoms with Gasteiger partial charge in [0.2, 0.25) is 5.88 Å². The van der Waals surface area contributed by atoms with Gasteiger partial charge in [0.1, 0.15) is 0 Å². The molecule has 1 N–H and O–H groups in total. The van der Waals surface area contributed by atoms with E-state index in [1.165, 1.54) is 12.8 Å². The number of amides is 1. The predicted octanol–water partition coefficient (Wildman–Crippen LogP) is 1.61. The summed E-state index contributed by atoms with van der Waals surface area (Å²) in [6, 6.07) is 3.69. The Kier molecular flexibility index (Phi) is 4.29. The quantitative estimate of drug-likeness (QED) is 0.864. The number of hydrogen-bond donors (Lipinski definition) is 1. The van der Waals surface area contributed by atoms with Crippen molar-refractivity contribution in [1.82, 2.24) is 20.1 Å². The van der Waals surface area contributed by atoms with Gasteiger partial charge in [-0.1, -0.05) is 0 Å². The zero-order chi connectivity index (χ0) is 17.2. The molecule has 2 aromatic rings. The highest BCUT2D eigenvalue weighted by molar-refractivity contribution is 5.94. The average molecular weight is 341 g/mol. The molecule has 7 heteroatoms. The number of carbonyl (C=O) groups excluding carboxylic acids is 1. The monoisotopic (exact) mass is 341 g/mol. The van der Waals surface area contributed by atoms with Crippen molar-refractivity contribution in [2.75, 3.05) is 24.6 Å². The molecule has 0 bridgehead atoms. The van der Waals surface area contributed by atoms with Gasteiger partial charge in [0.05, 0.1) is 24.1 Å². The number of nitrogens with one attached hydrogen (secondary N) is 1. The van der Waals surface area contributed by atoms with Crippen LogP contribution in [0.5, 0.6) is 5.88 Å². The molecule has 132 valence electrons. The minimum atomic E-state index is -0.0840. The normalized spacial score (nSPS) is 19.9. The van der Waals surface area contributed by atoms with E-state index in [1.54, 1.807) is 23.0 Å². The highest BCUT2D eigenvalue weighted by atomic mass is 16.5. The maximum Gasteiger partial charge on any atom is 0.253 e. The summed E-state index contributed by atoms with van der Waals surface area (Å²) in [6.45, 7) is 2.45. The highest BCUT2D eigenvalue weighted by Gasteiger charge is 2.25. The summed E-state index contributed by atoms with van der Waals surface area (Å²) < 4.78 is 7.40. The molecule has 2 aliphatic rings. The lowest BCUT2D eigenvalue weighted by molar-refractivity contribution is 0.0940. The molecule has 1 aliphatic carbocycles. The fourth-order valence-corrected chi connectivity index (χ4v) is 3.04. The summed E-state index contributed by atoms with van der Waals surface area (Å²) in [4.78, 5) is 18.9. The lowest BCUT2D eigenvalue weighted by Gasteiger charge is -2.16. The number of carbonyl (C=O) groups is 1. The van der Waals surface area contributed by atoms with E-state index in [2.05, 4.69) is 20.3 Å². The maximum absolute atomic E-state index is 12.4. The van der Waals surface area contributed by atoms with E-state index in [-0.39, 0.29) is 11.9 Å². The van der Waals surface area contributed by atoms with Crippen LogP contribution in [-0.4, -0.2) is 46.4 Å². The van der Waals surface area contributed by atoms with Crippen molar-refractivity contribution >= 4 is 11.6 Å². The van der Waals surface area contributed by atoms with Gasteiger partial charge in [-0.15, -0.1) is 0 Å². The molecule has 1 atom stereocenters. The molecule has 25 heavy (non-hydrogen) atoms. The van der Waals surface area contributed by atoms with Crippen molar-refractivity contribution in [3.63, 3.8) is 0 Å². The standard InChI is InChI=1S/C18H23N5O2/c1-22-11-16(9-20-22)23-7-6-15(10-23)21-18(24)14-4-5-17(19-8-14)25-12-13-2-3-13/h4-5,8-9,11,13,15H,2-3,6-7,10,12H2,1H3,(H,21,24). The fourth-order valence-electron chi connectivity index (χ4n) is 3.04. The van der Waals surface area contributed by atoms with Crippen LogP contribution in [0.2, 0.25) is 0 Å². The third-order valence-electron chi connectivity index (χ3n) is 4.74. The summed E-state index contributed by atoms with van der Waals surface area (Å²) in [5.41, 5.74) is 1.66. The summed E-state index contributed by atoms with van der Waals surface area (Å²) in [7, 11) is 1.91. The number of pyridine rings is 1. The van der Waals surface area contributed by atoms with Crippen LogP contribution in [0.1, 0.15) is 29.6 Å². The summed E-state index contributed by atoms with van der Waals surface area (Å²) in [5.74, 6) is 1.20. The Morgan fingerprint density at radius 3 is 2.88 bits per heavy atom. The summed E-state index contributed by atoms with van der Waals surface area (Å²) in [6.07, 6.45) is 8.86. The molecule has 0 spiro atoms. The molecule has 1 saturated heterocycles. The van der Waals surface area contributed by atoms with Crippen molar-refractivity contribution in [2.24, 2.45) is 13.0 Å². The molecule has 2 aromatic heterocycles. The van der Waals surface area contributed by atoms with Crippen LogP contribution in [0.4, 0.5) is 5.69 Å². The topological polar surface area (TPSA) is 72.3 Å². The van der Waals surface area contributed by atoms with Gasteiger partial charge < -0.3 is 15.0 Å². The van der Waals surface area contributed by atoms with E-state index in [4.69, 9.17) is 4.74 Å². The van der Waals surface area contributed by atoms with Gasteiger partial charge in [-0.2, -0.15) is 5.10 Å². The predicted molar refractivity (Wildman–Crippen MR) is 93.7 cm³/mol. The molecular weight excluding hydrogens is 318 g/mol. The first-order valence-corrected chi connectivity index (χ1v) is 8.81. The minimum Gasteiger partial charge on any atom is -0.477 e. The summed E-state index contributed by atoms with van der Waals surface area (Å²) >= 11 is 0. The third-order valence-corrected chi connectivity index (χ3v) is 4.74. The van der Waals surface area contributed by atoms with Crippen molar-refractivity contribution in [2.45, 2.75) is 25.3 Å². The lowest BCUT2D eigenvalue weighted by atomic mass is 10.2. The zero-order valence-electron chi connectivity index (χ0n) is 14.4. The Balaban J connectivity index is 1.29. The molecule has 1 unspecified atom stereocenters. The van der Waals surface area contributed by atoms with Crippen LogP contribution < -0.4 is 15.0 Å². The van der Waals surface area contributed by atoms with Crippen molar-refractivity contribution in [1.29, 1.82) is 0 Å².